The summed E-state index contributed by atoms with van der Waals surface area (Å²) in [6, 6.07) is 0.503. The summed E-state index contributed by atoms with van der Waals surface area (Å²) in [5.41, 5.74) is 0. The molecule has 0 bridgehead atoms. The predicted octanol–water partition coefficient (Wildman–Crippen LogP) is 1.65. The van der Waals surface area contributed by atoms with E-state index in [0.717, 1.165) is 0 Å². The Morgan fingerprint density at radius 3 is 2.60 bits per heavy atom. The van der Waals surface area contributed by atoms with Crippen LogP contribution in [0.15, 0.2) is 10.7 Å². The summed E-state index contributed by atoms with van der Waals surface area (Å²) in [6.45, 7) is 1.69. The molecule has 0 saturated carbocycles. The molecule has 0 aromatic heterocycles. The third-order valence-electron chi connectivity index (χ3n) is 0.256. The molecule has 0 fully saturated rings. The SMILES string of the molecule is [3H]/C(C)=C(/P)S. The van der Waals surface area contributed by atoms with Crippen molar-refractivity contribution in [2.24, 2.45) is 0 Å². The molecule has 30 valence electrons. The van der Waals surface area contributed by atoms with Crippen LogP contribution in [0, 0.1) is 0 Å². The van der Waals surface area contributed by atoms with E-state index in [4.69, 9.17) is 1.37 Å². The van der Waals surface area contributed by atoms with Crippen molar-refractivity contribution in [3.05, 3.63) is 10.7 Å². The van der Waals surface area contributed by atoms with Crippen molar-refractivity contribution in [2.45, 2.75) is 6.92 Å². The monoisotopic (exact) mass is 108 g/mol. The fourth-order valence-corrected chi connectivity index (χ4v) is 0. The molecule has 0 aliphatic heterocycles. The Morgan fingerprint density at radius 1 is 2.40 bits per heavy atom. The molecule has 0 aliphatic rings. The molecule has 0 heterocycles. The highest BCUT2D eigenvalue weighted by Crippen LogP contribution is 2.06. The Bertz CT molecular complexity index is 60.9. The third kappa shape index (κ3) is 4.52. The summed E-state index contributed by atoms with van der Waals surface area (Å²) in [4.78, 5) is 0. The van der Waals surface area contributed by atoms with Gasteiger partial charge in [-0.25, -0.2) is 0 Å². The highest BCUT2D eigenvalue weighted by Gasteiger charge is 1.61. The number of hydrogen-bond donors (Lipinski definition) is 1. The molecule has 0 saturated heterocycles. The van der Waals surface area contributed by atoms with Gasteiger partial charge in [0.25, 0.3) is 0 Å². The van der Waals surface area contributed by atoms with Crippen molar-refractivity contribution in [1.82, 2.24) is 0 Å². The van der Waals surface area contributed by atoms with Gasteiger partial charge in [0.15, 0.2) is 0 Å². The van der Waals surface area contributed by atoms with Crippen molar-refractivity contribution in [2.75, 3.05) is 0 Å². The van der Waals surface area contributed by atoms with Crippen LogP contribution in [0.1, 0.15) is 8.29 Å². The molecule has 1 atom stereocenters. The molecule has 0 aliphatic carbocycles. The number of rotatable bonds is 0. The quantitative estimate of drug-likeness (QED) is 0.354. The van der Waals surface area contributed by atoms with E-state index in [1.54, 1.807) is 6.92 Å². The maximum absolute atomic E-state index is 6.81. The van der Waals surface area contributed by atoms with Gasteiger partial charge in [0, 0.05) is 0 Å². The van der Waals surface area contributed by atoms with Gasteiger partial charge < -0.3 is 0 Å². The zero-order valence-corrected chi connectivity index (χ0v) is 5.07. The number of hydrogen-bond acceptors (Lipinski definition) is 1. The minimum absolute atomic E-state index is 0.503. The fraction of sp³-hybridized carbons (Fsp3) is 0.333. The Hall–Kier alpha value is 0.520. The van der Waals surface area contributed by atoms with Gasteiger partial charge in [-0.1, -0.05) is 15.3 Å². The Kier molecular flexibility index (Phi) is 2.03. The van der Waals surface area contributed by atoms with Crippen molar-refractivity contribution in [1.29, 1.82) is 0 Å². The van der Waals surface area contributed by atoms with Gasteiger partial charge in [0.05, 0.1) is 1.37 Å². The first kappa shape index (κ1) is 3.70. The van der Waals surface area contributed by atoms with Crippen LogP contribution >= 0.6 is 21.9 Å². The van der Waals surface area contributed by atoms with Crippen LogP contribution in [-0.4, -0.2) is 0 Å². The van der Waals surface area contributed by atoms with E-state index in [-0.39, 0.29) is 0 Å². The molecule has 0 rings (SSSR count). The largest absolute Gasteiger partial charge is 0.144 e. The van der Waals surface area contributed by atoms with Crippen LogP contribution in [-0.2, 0) is 0 Å². The van der Waals surface area contributed by atoms with E-state index in [1.165, 1.54) is 0 Å². The van der Waals surface area contributed by atoms with Crippen LogP contribution in [0.4, 0.5) is 0 Å². The summed E-state index contributed by atoms with van der Waals surface area (Å²) in [5, 5.41) is 0. The summed E-state index contributed by atoms with van der Waals surface area (Å²) in [7, 11) is 2.33. The van der Waals surface area contributed by atoms with E-state index in [2.05, 4.69) is 21.9 Å². The van der Waals surface area contributed by atoms with Crippen LogP contribution < -0.4 is 0 Å². The minimum Gasteiger partial charge on any atom is -0.144 e. The van der Waals surface area contributed by atoms with Crippen LogP contribution in [0.3, 0.4) is 0 Å². The molecule has 0 N–H and O–H groups in total. The summed E-state index contributed by atoms with van der Waals surface area (Å²) in [5.74, 6) is 0. The fourth-order valence-electron chi connectivity index (χ4n) is 0. The Labute approximate surface area is 41.7 Å². The van der Waals surface area contributed by atoms with Crippen molar-refractivity contribution in [3.8, 4) is 0 Å². The van der Waals surface area contributed by atoms with Gasteiger partial charge in [-0.2, -0.15) is 0 Å². The summed E-state index contributed by atoms with van der Waals surface area (Å²) >= 11 is 3.85. The molecule has 0 amide bonds. The second-order valence-corrected chi connectivity index (χ2v) is 2.18. The zero-order chi connectivity index (χ0) is 5.15. The molecule has 5 heavy (non-hydrogen) atoms. The lowest BCUT2D eigenvalue weighted by Crippen LogP contribution is -1.37. The molecule has 0 nitrogen and oxygen atoms in total. The van der Waals surface area contributed by atoms with Gasteiger partial charge >= 0.3 is 0 Å². The topological polar surface area (TPSA) is 0 Å². The first-order valence-corrected chi connectivity index (χ1v) is 2.29. The zero-order valence-electron chi connectivity index (χ0n) is 4.02. The highest BCUT2D eigenvalue weighted by molar-refractivity contribution is 7.90. The van der Waals surface area contributed by atoms with Crippen LogP contribution in [0.5, 0.6) is 0 Å². The van der Waals surface area contributed by atoms with Gasteiger partial charge in [-0.15, -0.1) is 12.6 Å². The summed E-state index contributed by atoms with van der Waals surface area (Å²) < 4.78 is 7.52. The normalized spacial score (nSPS) is 17.0. The van der Waals surface area contributed by atoms with Crippen LogP contribution in [0.2, 0.25) is 0 Å². The van der Waals surface area contributed by atoms with Gasteiger partial charge in [0.1, 0.15) is 0 Å². The lowest BCUT2D eigenvalue weighted by atomic mass is 10.8. The lowest BCUT2D eigenvalue weighted by molar-refractivity contribution is 1.78. The van der Waals surface area contributed by atoms with E-state index < -0.39 is 0 Å². The Balaban J connectivity index is 3.68. The average Bonchev–Trinajstić information content (AvgIpc) is 1.36. The molecular formula is C3H7PS. The van der Waals surface area contributed by atoms with E-state index in [0.29, 0.717) is 10.7 Å². The molecule has 0 radical (unpaired) electrons. The standard InChI is InChI=1S/C3H7PS/c1-2-3(4)5/h2,5H,4H2,1H3/b3-2+/i2T. The second kappa shape index (κ2) is 2.74. The Morgan fingerprint density at radius 2 is 2.60 bits per heavy atom. The summed E-state index contributed by atoms with van der Waals surface area (Å²) in [6.07, 6.45) is 0. The maximum Gasteiger partial charge on any atom is 0.0585 e. The predicted molar refractivity (Wildman–Crippen MR) is 32.5 cm³/mol. The van der Waals surface area contributed by atoms with Gasteiger partial charge in [-0.3, -0.25) is 0 Å². The first-order valence-electron chi connectivity index (χ1n) is 1.76. The first-order chi connectivity index (χ1) is 2.64. The van der Waals surface area contributed by atoms with E-state index in [9.17, 15) is 0 Å². The molecule has 1 unspecified atom stereocenters. The molecule has 2 heteroatoms. The second-order valence-electron chi connectivity index (χ2n) is 0.635. The van der Waals surface area contributed by atoms with Crippen LogP contribution in [0.25, 0.3) is 0 Å². The number of allylic oxidation sites excluding steroid dienone is 1. The van der Waals surface area contributed by atoms with Crippen molar-refractivity contribution < 1.29 is 1.37 Å². The lowest BCUT2D eigenvalue weighted by Gasteiger charge is -1.72. The molecule has 0 aromatic carbocycles. The molecule has 0 aromatic rings. The molecule has 0 spiro atoms. The van der Waals surface area contributed by atoms with Gasteiger partial charge in [-0.05, 0) is 11.6 Å². The minimum atomic E-state index is 0.503. The van der Waals surface area contributed by atoms with E-state index in [1.807, 2.05) is 0 Å². The highest BCUT2D eigenvalue weighted by atomic mass is 32.1. The van der Waals surface area contributed by atoms with E-state index >= 15 is 0 Å². The van der Waals surface area contributed by atoms with Crippen molar-refractivity contribution in [3.63, 3.8) is 0 Å². The average molecular weight is 108 g/mol. The van der Waals surface area contributed by atoms with Gasteiger partial charge in [0.2, 0.25) is 0 Å². The molecular weight excluding hydrogens is 99.1 g/mol. The maximum atomic E-state index is 6.81. The third-order valence-corrected chi connectivity index (χ3v) is 0.768. The smallest absolute Gasteiger partial charge is 0.0585 e. The van der Waals surface area contributed by atoms with Crippen molar-refractivity contribution >= 4 is 21.9 Å². The number of thiol groups is 1.